The second-order valence-electron chi connectivity index (χ2n) is 7.00. The van der Waals surface area contributed by atoms with Gasteiger partial charge in [0.05, 0.1) is 37.1 Å². The van der Waals surface area contributed by atoms with Crippen molar-refractivity contribution < 1.29 is 13.9 Å². The lowest BCUT2D eigenvalue weighted by Gasteiger charge is -2.28. The van der Waals surface area contributed by atoms with Crippen molar-refractivity contribution in [2.75, 3.05) is 36.5 Å². The predicted octanol–water partition coefficient (Wildman–Crippen LogP) is 4.55. The second kappa shape index (κ2) is 8.71. The lowest BCUT2D eigenvalue weighted by atomic mass is 10.1. The zero-order valence-electron chi connectivity index (χ0n) is 16.7. The van der Waals surface area contributed by atoms with Crippen LogP contribution in [0.25, 0.3) is 22.0 Å². The number of ether oxygens (including phenoxy) is 1. The van der Waals surface area contributed by atoms with Crippen LogP contribution in [0.2, 0.25) is 0 Å². The Hall–Kier alpha value is -3.49. The minimum Gasteiger partial charge on any atom is -0.462 e. The third-order valence-electron chi connectivity index (χ3n) is 4.98. The standard InChI is InChI=1S/C23H20N4O3S/c28-22(25-19-9-8-17(15-24-19)27-10-13-29-14-11-27)21-20(16-5-2-1-3-6-16)26-23(31-21)18-7-4-12-30-18/h1-9,12,15H,10-11,13-14H2,(H,24,25,28). The highest BCUT2D eigenvalue weighted by Gasteiger charge is 2.22. The highest BCUT2D eigenvalue weighted by Crippen LogP contribution is 2.34. The highest BCUT2D eigenvalue weighted by molar-refractivity contribution is 7.17. The Kier molecular flexibility index (Phi) is 5.47. The maximum atomic E-state index is 13.1. The number of pyridine rings is 1. The van der Waals surface area contributed by atoms with Crippen LogP contribution in [0.15, 0.2) is 71.5 Å². The molecular formula is C23H20N4O3S. The van der Waals surface area contributed by atoms with Crippen LogP contribution in [-0.2, 0) is 4.74 Å². The van der Waals surface area contributed by atoms with Gasteiger partial charge in [0, 0.05) is 18.7 Å². The summed E-state index contributed by atoms with van der Waals surface area (Å²) in [6, 6.07) is 17.1. The molecule has 1 saturated heterocycles. The van der Waals surface area contributed by atoms with Crippen molar-refractivity contribution in [2.45, 2.75) is 0 Å². The van der Waals surface area contributed by atoms with Crippen molar-refractivity contribution in [3.63, 3.8) is 0 Å². The van der Waals surface area contributed by atoms with Gasteiger partial charge in [-0.05, 0) is 24.3 Å². The van der Waals surface area contributed by atoms with Gasteiger partial charge in [-0.25, -0.2) is 9.97 Å². The first kappa shape index (κ1) is 19.5. The predicted molar refractivity (Wildman–Crippen MR) is 120 cm³/mol. The number of hydrogen-bond donors (Lipinski definition) is 1. The molecule has 1 aliphatic heterocycles. The van der Waals surface area contributed by atoms with E-state index in [1.54, 1.807) is 18.5 Å². The number of rotatable bonds is 5. The van der Waals surface area contributed by atoms with Gasteiger partial charge >= 0.3 is 0 Å². The Bertz CT molecular complexity index is 1150. The smallest absolute Gasteiger partial charge is 0.269 e. The monoisotopic (exact) mass is 432 g/mol. The van der Waals surface area contributed by atoms with E-state index in [1.165, 1.54) is 11.3 Å². The van der Waals surface area contributed by atoms with E-state index in [9.17, 15) is 4.79 Å². The average molecular weight is 433 g/mol. The summed E-state index contributed by atoms with van der Waals surface area (Å²) >= 11 is 1.30. The number of furan rings is 1. The van der Waals surface area contributed by atoms with Gasteiger partial charge in [-0.15, -0.1) is 11.3 Å². The zero-order valence-corrected chi connectivity index (χ0v) is 17.5. The van der Waals surface area contributed by atoms with Crippen LogP contribution in [0.5, 0.6) is 0 Å². The summed E-state index contributed by atoms with van der Waals surface area (Å²) in [6.45, 7) is 3.10. The molecule has 1 aliphatic rings. The van der Waals surface area contributed by atoms with Crippen LogP contribution < -0.4 is 10.2 Å². The van der Waals surface area contributed by atoms with E-state index in [4.69, 9.17) is 9.15 Å². The van der Waals surface area contributed by atoms with Crippen molar-refractivity contribution in [3.05, 3.63) is 71.9 Å². The van der Waals surface area contributed by atoms with E-state index in [1.807, 2.05) is 48.5 Å². The molecule has 4 heterocycles. The molecule has 3 aromatic heterocycles. The number of carbonyl (C=O) groups is 1. The summed E-state index contributed by atoms with van der Waals surface area (Å²) in [5.41, 5.74) is 2.51. The first-order valence-electron chi connectivity index (χ1n) is 9.98. The number of carbonyl (C=O) groups excluding carboxylic acids is 1. The summed E-state index contributed by atoms with van der Waals surface area (Å²) in [5.74, 6) is 0.879. The maximum Gasteiger partial charge on any atom is 0.269 e. The summed E-state index contributed by atoms with van der Waals surface area (Å²) in [7, 11) is 0. The van der Waals surface area contributed by atoms with Crippen molar-refractivity contribution in [1.82, 2.24) is 9.97 Å². The maximum absolute atomic E-state index is 13.1. The molecule has 0 saturated carbocycles. The molecule has 0 aliphatic carbocycles. The summed E-state index contributed by atoms with van der Waals surface area (Å²) in [6.07, 6.45) is 3.37. The van der Waals surface area contributed by atoms with E-state index in [0.29, 0.717) is 40.4 Å². The van der Waals surface area contributed by atoms with Crippen LogP contribution in [0.4, 0.5) is 11.5 Å². The summed E-state index contributed by atoms with van der Waals surface area (Å²) < 4.78 is 10.9. The number of aromatic nitrogens is 2. The van der Waals surface area contributed by atoms with E-state index in [0.717, 1.165) is 24.3 Å². The molecule has 1 N–H and O–H groups in total. The van der Waals surface area contributed by atoms with Crippen molar-refractivity contribution in [2.24, 2.45) is 0 Å². The molecule has 0 spiro atoms. The first-order valence-corrected chi connectivity index (χ1v) is 10.8. The van der Waals surface area contributed by atoms with E-state index >= 15 is 0 Å². The number of thiazole rings is 1. The van der Waals surface area contributed by atoms with Crippen LogP contribution in [0.3, 0.4) is 0 Å². The molecule has 156 valence electrons. The molecule has 0 unspecified atom stereocenters. The number of benzene rings is 1. The normalized spacial score (nSPS) is 13.9. The van der Waals surface area contributed by atoms with Crippen LogP contribution in [0, 0.1) is 0 Å². The molecule has 31 heavy (non-hydrogen) atoms. The van der Waals surface area contributed by atoms with Gasteiger partial charge in [-0.1, -0.05) is 30.3 Å². The molecule has 0 bridgehead atoms. The minimum absolute atomic E-state index is 0.249. The highest BCUT2D eigenvalue weighted by atomic mass is 32.1. The Morgan fingerprint density at radius 3 is 2.58 bits per heavy atom. The quantitative estimate of drug-likeness (QED) is 0.498. The third-order valence-corrected chi connectivity index (χ3v) is 6.05. The lowest BCUT2D eigenvalue weighted by Crippen LogP contribution is -2.36. The van der Waals surface area contributed by atoms with Crippen molar-refractivity contribution in [1.29, 1.82) is 0 Å². The average Bonchev–Trinajstić information content (AvgIpc) is 3.51. The molecule has 0 radical (unpaired) electrons. The minimum atomic E-state index is -0.249. The number of nitrogens with zero attached hydrogens (tertiary/aromatic N) is 3. The molecule has 8 heteroatoms. The number of anilines is 2. The fourth-order valence-electron chi connectivity index (χ4n) is 3.41. The van der Waals surface area contributed by atoms with E-state index < -0.39 is 0 Å². The molecule has 1 amide bonds. The number of hydrogen-bond acceptors (Lipinski definition) is 7. The SMILES string of the molecule is O=C(Nc1ccc(N2CCOCC2)cn1)c1sc(-c2ccco2)nc1-c1ccccc1. The molecule has 1 fully saturated rings. The van der Waals surface area contributed by atoms with Gasteiger partial charge < -0.3 is 19.4 Å². The second-order valence-corrected chi connectivity index (χ2v) is 7.99. The van der Waals surface area contributed by atoms with Crippen molar-refractivity contribution in [3.8, 4) is 22.0 Å². The van der Waals surface area contributed by atoms with Gasteiger partial charge in [0.2, 0.25) is 0 Å². The number of morpholine rings is 1. The molecule has 0 atom stereocenters. The van der Waals surface area contributed by atoms with Crippen LogP contribution in [0.1, 0.15) is 9.67 Å². The molecule has 4 aromatic rings. The Morgan fingerprint density at radius 1 is 1.03 bits per heavy atom. The van der Waals surface area contributed by atoms with Crippen LogP contribution >= 0.6 is 11.3 Å². The molecular weight excluding hydrogens is 412 g/mol. The topological polar surface area (TPSA) is 80.5 Å². The largest absolute Gasteiger partial charge is 0.462 e. The Morgan fingerprint density at radius 2 is 1.87 bits per heavy atom. The molecule has 5 rings (SSSR count). The van der Waals surface area contributed by atoms with Gasteiger partial charge in [0.25, 0.3) is 5.91 Å². The summed E-state index contributed by atoms with van der Waals surface area (Å²) in [4.78, 5) is 25.0. The Balaban J connectivity index is 1.40. The molecule has 1 aromatic carbocycles. The Labute approximate surface area is 183 Å². The van der Waals surface area contributed by atoms with Gasteiger partial charge in [-0.2, -0.15) is 0 Å². The first-order chi connectivity index (χ1) is 15.3. The molecule has 7 nitrogen and oxygen atoms in total. The number of amides is 1. The lowest BCUT2D eigenvalue weighted by molar-refractivity contribution is 0.103. The van der Waals surface area contributed by atoms with Gasteiger partial charge in [0.1, 0.15) is 10.7 Å². The van der Waals surface area contributed by atoms with Gasteiger partial charge in [-0.3, -0.25) is 4.79 Å². The van der Waals surface area contributed by atoms with Crippen molar-refractivity contribution >= 4 is 28.7 Å². The zero-order chi connectivity index (χ0) is 21.0. The number of nitrogens with one attached hydrogen (secondary N) is 1. The van der Waals surface area contributed by atoms with Crippen LogP contribution in [-0.4, -0.2) is 42.2 Å². The third kappa shape index (κ3) is 4.21. The fourth-order valence-corrected chi connectivity index (χ4v) is 4.36. The van der Waals surface area contributed by atoms with E-state index in [2.05, 4.69) is 20.2 Å². The fraction of sp³-hybridized carbons (Fsp3) is 0.174. The van der Waals surface area contributed by atoms with Gasteiger partial charge in [0.15, 0.2) is 10.8 Å². The summed E-state index contributed by atoms with van der Waals surface area (Å²) in [5, 5.41) is 3.56. The van der Waals surface area contributed by atoms with E-state index in [-0.39, 0.29) is 5.91 Å².